The Balaban J connectivity index is 2.21. The van der Waals surface area contributed by atoms with Gasteiger partial charge in [0.15, 0.2) is 0 Å². The van der Waals surface area contributed by atoms with E-state index in [9.17, 15) is 4.79 Å². The minimum atomic E-state index is -0.000370. The highest BCUT2D eigenvalue weighted by molar-refractivity contribution is 5.93. The molecule has 1 heterocycles. The van der Waals surface area contributed by atoms with Crippen LogP contribution >= 0.6 is 0 Å². The zero-order valence-corrected chi connectivity index (χ0v) is 10.1. The van der Waals surface area contributed by atoms with E-state index in [1.165, 1.54) is 0 Å². The Morgan fingerprint density at radius 3 is 2.76 bits per heavy atom. The second-order valence-corrected chi connectivity index (χ2v) is 4.28. The van der Waals surface area contributed by atoms with E-state index in [-0.39, 0.29) is 12.6 Å². The number of hydrogen-bond donors (Lipinski definition) is 1. The lowest BCUT2D eigenvalue weighted by molar-refractivity contribution is 0.174. The van der Waals surface area contributed by atoms with Gasteiger partial charge in [0.1, 0.15) is 0 Å². The standard InChI is InChI=1S/C13H18N2O2/c1-11-5-2-3-6-12(11)15-8-4-7-14(9-10-16)13(15)17/h2-3,5-6,16H,4,7-10H2,1H3. The Morgan fingerprint density at radius 1 is 1.29 bits per heavy atom. The molecule has 4 heteroatoms. The van der Waals surface area contributed by atoms with E-state index in [0.29, 0.717) is 6.54 Å². The van der Waals surface area contributed by atoms with Crippen LogP contribution in [0.1, 0.15) is 12.0 Å². The highest BCUT2D eigenvalue weighted by atomic mass is 16.3. The molecule has 2 amide bonds. The lowest BCUT2D eigenvalue weighted by atomic mass is 10.1. The van der Waals surface area contributed by atoms with Crippen LogP contribution < -0.4 is 4.90 Å². The van der Waals surface area contributed by atoms with E-state index >= 15 is 0 Å². The molecule has 1 saturated heterocycles. The number of aliphatic hydroxyl groups is 1. The third-order valence-corrected chi connectivity index (χ3v) is 3.09. The quantitative estimate of drug-likeness (QED) is 0.863. The lowest BCUT2D eigenvalue weighted by Gasteiger charge is -2.36. The number of rotatable bonds is 3. The van der Waals surface area contributed by atoms with Gasteiger partial charge in [-0.05, 0) is 25.0 Å². The van der Waals surface area contributed by atoms with Crippen molar-refractivity contribution in [2.24, 2.45) is 0 Å². The zero-order chi connectivity index (χ0) is 12.3. The molecule has 2 rings (SSSR count). The van der Waals surface area contributed by atoms with Crippen molar-refractivity contribution in [3.63, 3.8) is 0 Å². The van der Waals surface area contributed by atoms with E-state index < -0.39 is 0 Å². The molecule has 4 nitrogen and oxygen atoms in total. The number of carbonyl (C=O) groups excluding carboxylic acids is 1. The van der Waals surface area contributed by atoms with Crippen LogP contribution in [0.5, 0.6) is 0 Å². The predicted molar refractivity (Wildman–Crippen MR) is 67.2 cm³/mol. The molecule has 1 fully saturated rings. The molecule has 0 saturated carbocycles. The fourth-order valence-corrected chi connectivity index (χ4v) is 2.20. The Bertz CT molecular complexity index is 404. The van der Waals surface area contributed by atoms with Crippen LogP contribution in [0, 0.1) is 6.92 Å². The van der Waals surface area contributed by atoms with Gasteiger partial charge in [-0.2, -0.15) is 0 Å². The van der Waals surface area contributed by atoms with Crippen LogP contribution in [-0.2, 0) is 0 Å². The third kappa shape index (κ3) is 2.42. The Labute approximate surface area is 101 Å². The number of anilines is 1. The first-order valence-electron chi connectivity index (χ1n) is 5.97. The number of aryl methyl sites for hydroxylation is 1. The maximum Gasteiger partial charge on any atom is 0.324 e. The summed E-state index contributed by atoms with van der Waals surface area (Å²) in [6.45, 7) is 3.94. The monoisotopic (exact) mass is 234 g/mol. The van der Waals surface area contributed by atoms with Crippen molar-refractivity contribution < 1.29 is 9.90 Å². The second kappa shape index (κ2) is 5.19. The summed E-state index contributed by atoms with van der Waals surface area (Å²) in [4.78, 5) is 15.7. The number of β-amino-alcohol motifs (C(OH)–C–C–N with tert-alkyl or cyclic N) is 1. The molecule has 0 bridgehead atoms. The van der Waals surface area contributed by atoms with E-state index in [1.54, 1.807) is 9.80 Å². The van der Waals surface area contributed by atoms with Crippen molar-refractivity contribution >= 4 is 11.7 Å². The average molecular weight is 234 g/mol. The largest absolute Gasteiger partial charge is 0.395 e. The van der Waals surface area contributed by atoms with Crippen molar-refractivity contribution in [2.75, 3.05) is 31.1 Å². The van der Waals surface area contributed by atoms with Gasteiger partial charge < -0.3 is 10.0 Å². The SMILES string of the molecule is Cc1ccccc1N1CCCN(CCO)C1=O. The van der Waals surface area contributed by atoms with Crippen molar-refractivity contribution in [1.82, 2.24) is 4.90 Å². The van der Waals surface area contributed by atoms with Crippen LogP contribution in [0.3, 0.4) is 0 Å². The summed E-state index contributed by atoms with van der Waals surface area (Å²) >= 11 is 0. The highest BCUT2D eigenvalue weighted by Crippen LogP contribution is 2.23. The smallest absolute Gasteiger partial charge is 0.324 e. The molecule has 92 valence electrons. The van der Waals surface area contributed by atoms with Gasteiger partial charge in [-0.25, -0.2) is 4.79 Å². The molecule has 1 aliphatic heterocycles. The number of para-hydroxylation sites is 1. The van der Waals surface area contributed by atoms with Crippen molar-refractivity contribution in [1.29, 1.82) is 0 Å². The summed E-state index contributed by atoms with van der Waals surface area (Å²) in [6, 6.07) is 7.89. The van der Waals surface area contributed by atoms with Crippen LogP contribution in [0.25, 0.3) is 0 Å². The molecule has 0 aliphatic carbocycles. The molecular formula is C13H18N2O2. The Hall–Kier alpha value is -1.55. The Kier molecular flexibility index (Phi) is 3.64. The molecule has 0 unspecified atom stereocenters. The maximum atomic E-state index is 12.2. The van der Waals surface area contributed by atoms with Gasteiger partial charge in [-0.15, -0.1) is 0 Å². The fourth-order valence-electron chi connectivity index (χ4n) is 2.20. The van der Waals surface area contributed by atoms with Crippen LogP contribution in [0.4, 0.5) is 10.5 Å². The van der Waals surface area contributed by atoms with Gasteiger partial charge in [0.2, 0.25) is 0 Å². The van der Waals surface area contributed by atoms with E-state index in [4.69, 9.17) is 5.11 Å². The second-order valence-electron chi connectivity index (χ2n) is 4.28. The summed E-state index contributed by atoms with van der Waals surface area (Å²) in [5.74, 6) is 0. The lowest BCUT2D eigenvalue weighted by Crippen LogP contribution is -2.50. The molecule has 0 aromatic heterocycles. The van der Waals surface area contributed by atoms with Crippen molar-refractivity contribution in [2.45, 2.75) is 13.3 Å². The molecule has 0 spiro atoms. The number of aliphatic hydroxyl groups excluding tert-OH is 1. The molecule has 1 aliphatic rings. The first-order valence-corrected chi connectivity index (χ1v) is 5.97. The van der Waals surface area contributed by atoms with Gasteiger partial charge in [-0.3, -0.25) is 4.90 Å². The molecule has 0 atom stereocenters. The van der Waals surface area contributed by atoms with E-state index in [1.807, 2.05) is 31.2 Å². The Morgan fingerprint density at radius 2 is 2.06 bits per heavy atom. The summed E-state index contributed by atoms with van der Waals surface area (Å²) in [6.07, 6.45) is 0.945. The molecular weight excluding hydrogens is 216 g/mol. The highest BCUT2D eigenvalue weighted by Gasteiger charge is 2.26. The fraction of sp³-hybridized carbons (Fsp3) is 0.462. The summed E-state index contributed by atoms with van der Waals surface area (Å²) in [7, 11) is 0. The number of amides is 2. The van der Waals surface area contributed by atoms with Gasteiger partial charge in [-0.1, -0.05) is 18.2 Å². The number of carbonyl (C=O) groups is 1. The van der Waals surface area contributed by atoms with Crippen molar-refractivity contribution in [3.8, 4) is 0 Å². The number of urea groups is 1. The van der Waals surface area contributed by atoms with E-state index in [0.717, 1.165) is 30.8 Å². The first-order chi connectivity index (χ1) is 8.24. The molecule has 17 heavy (non-hydrogen) atoms. The van der Waals surface area contributed by atoms with Gasteiger partial charge in [0, 0.05) is 25.3 Å². The average Bonchev–Trinajstić information content (AvgIpc) is 2.33. The number of nitrogens with zero attached hydrogens (tertiary/aromatic N) is 2. The number of hydrogen-bond acceptors (Lipinski definition) is 2. The number of benzene rings is 1. The minimum absolute atomic E-state index is 0.000370. The molecule has 1 aromatic rings. The predicted octanol–water partition coefficient (Wildman–Crippen LogP) is 1.62. The summed E-state index contributed by atoms with van der Waals surface area (Å²) < 4.78 is 0. The molecule has 1 N–H and O–H groups in total. The maximum absolute atomic E-state index is 12.2. The van der Waals surface area contributed by atoms with Crippen LogP contribution in [0.2, 0.25) is 0 Å². The zero-order valence-electron chi connectivity index (χ0n) is 10.1. The molecule has 0 radical (unpaired) electrons. The van der Waals surface area contributed by atoms with E-state index in [2.05, 4.69) is 0 Å². The van der Waals surface area contributed by atoms with Gasteiger partial charge in [0.25, 0.3) is 0 Å². The topological polar surface area (TPSA) is 43.8 Å². The summed E-state index contributed by atoms with van der Waals surface area (Å²) in [5.41, 5.74) is 2.08. The molecule has 1 aromatic carbocycles. The first kappa shape index (κ1) is 11.9. The van der Waals surface area contributed by atoms with Crippen molar-refractivity contribution in [3.05, 3.63) is 29.8 Å². The van der Waals surface area contributed by atoms with Crippen LogP contribution in [0.15, 0.2) is 24.3 Å². The summed E-state index contributed by atoms with van der Waals surface area (Å²) in [5, 5.41) is 8.94. The normalized spacial score (nSPS) is 16.5. The van der Waals surface area contributed by atoms with Crippen LogP contribution in [-0.4, -0.2) is 42.3 Å². The minimum Gasteiger partial charge on any atom is -0.395 e. The van der Waals surface area contributed by atoms with Gasteiger partial charge in [0.05, 0.1) is 6.61 Å². The third-order valence-electron chi connectivity index (χ3n) is 3.09. The van der Waals surface area contributed by atoms with Gasteiger partial charge >= 0.3 is 6.03 Å².